The maximum absolute atomic E-state index is 6.19. The molecule has 1 aliphatic rings. The Morgan fingerprint density at radius 1 is 1.18 bits per heavy atom. The zero-order valence-corrected chi connectivity index (χ0v) is 12.3. The van der Waals surface area contributed by atoms with Crippen molar-refractivity contribution in [1.82, 2.24) is 14.6 Å². The van der Waals surface area contributed by atoms with Crippen LogP contribution in [0.4, 0.5) is 5.69 Å². The highest BCUT2D eigenvalue weighted by molar-refractivity contribution is 5.75. The van der Waals surface area contributed by atoms with Gasteiger partial charge < -0.3 is 10.5 Å². The van der Waals surface area contributed by atoms with E-state index in [1.165, 1.54) is 17.7 Å². The number of nitrogens with two attached hydrogens (primary N) is 1. The van der Waals surface area contributed by atoms with E-state index in [0.717, 1.165) is 30.5 Å². The zero-order valence-electron chi connectivity index (χ0n) is 12.3. The quantitative estimate of drug-likeness (QED) is 0.802. The van der Waals surface area contributed by atoms with Crippen LogP contribution < -0.4 is 10.5 Å². The number of aryl methyl sites for hydroxylation is 2. The Balaban J connectivity index is 1.56. The third-order valence-corrected chi connectivity index (χ3v) is 4.18. The van der Waals surface area contributed by atoms with E-state index in [2.05, 4.69) is 16.1 Å². The molecule has 0 fully saturated rings. The van der Waals surface area contributed by atoms with Crippen molar-refractivity contribution >= 4 is 11.2 Å². The Bertz CT molecular complexity index is 810. The molecule has 3 heterocycles. The van der Waals surface area contributed by atoms with Gasteiger partial charge in [0.15, 0.2) is 0 Å². The number of rotatable bonds is 4. The summed E-state index contributed by atoms with van der Waals surface area (Å²) in [6.45, 7) is 0.521. The summed E-state index contributed by atoms with van der Waals surface area (Å²) in [6, 6.07) is 10.1. The minimum Gasteiger partial charge on any atom is -0.475 e. The van der Waals surface area contributed by atoms with Crippen LogP contribution in [0.2, 0.25) is 0 Å². The summed E-state index contributed by atoms with van der Waals surface area (Å²) in [5.41, 5.74) is 11.4. The molecule has 0 radical (unpaired) electrons. The van der Waals surface area contributed by atoms with Crippen molar-refractivity contribution in [3.05, 3.63) is 53.5 Å². The number of hydrogen-bond donors (Lipinski definition) is 1. The number of anilines is 1. The van der Waals surface area contributed by atoms with Gasteiger partial charge in [0.1, 0.15) is 5.69 Å². The summed E-state index contributed by atoms with van der Waals surface area (Å²) in [5, 5.41) is 4.56. The first-order chi connectivity index (χ1) is 10.8. The number of hydrogen-bond acceptors (Lipinski definition) is 4. The molecule has 5 heteroatoms. The molecule has 4 rings (SSSR count). The summed E-state index contributed by atoms with van der Waals surface area (Å²) < 4.78 is 7.74. The van der Waals surface area contributed by atoms with Gasteiger partial charge in [-0.1, -0.05) is 12.1 Å². The second-order valence-corrected chi connectivity index (χ2v) is 5.59. The van der Waals surface area contributed by atoms with Gasteiger partial charge in [0.2, 0.25) is 0 Å². The number of nitrogen functional groups attached to an aromatic ring is 1. The smallest absolute Gasteiger partial charge is 0.257 e. The van der Waals surface area contributed by atoms with Crippen LogP contribution in [0.5, 0.6) is 5.88 Å². The minimum absolute atomic E-state index is 0.521. The Morgan fingerprint density at radius 3 is 3.00 bits per heavy atom. The van der Waals surface area contributed by atoms with Gasteiger partial charge in [-0.25, -0.2) is 4.52 Å². The molecule has 112 valence electrons. The van der Waals surface area contributed by atoms with Crippen LogP contribution in [0.3, 0.4) is 0 Å². The molecule has 0 atom stereocenters. The van der Waals surface area contributed by atoms with E-state index in [4.69, 9.17) is 10.5 Å². The van der Waals surface area contributed by atoms with Crippen LogP contribution in [0, 0.1) is 0 Å². The van der Waals surface area contributed by atoms with Crippen LogP contribution in [0.15, 0.2) is 36.5 Å². The van der Waals surface area contributed by atoms with Crippen molar-refractivity contribution in [3.63, 3.8) is 0 Å². The number of pyridine rings is 2. The van der Waals surface area contributed by atoms with E-state index in [-0.39, 0.29) is 0 Å². The zero-order chi connectivity index (χ0) is 14.9. The second kappa shape index (κ2) is 5.33. The fraction of sp³-hybridized carbons (Fsp3) is 0.294. The predicted molar refractivity (Wildman–Crippen MR) is 85.1 cm³/mol. The van der Waals surface area contributed by atoms with Gasteiger partial charge in [0, 0.05) is 24.0 Å². The lowest BCUT2D eigenvalue weighted by Gasteiger charge is -2.03. The van der Waals surface area contributed by atoms with Crippen molar-refractivity contribution in [2.45, 2.75) is 25.7 Å². The Morgan fingerprint density at radius 2 is 2.14 bits per heavy atom. The first-order valence-corrected chi connectivity index (χ1v) is 7.64. The van der Waals surface area contributed by atoms with E-state index in [1.807, 2.05) is 28.8 Å². The lowest BCUT2D eigenvalue weighted by atomic mass is 10.2. The number of nitrogens with zero attached hydrogens (tertiary/aromatic N) is 3. The average Bonchev–Trinajstić information content (AvgIpc) is 3.14. The lowest BCUT2D eigenvalue weighted by molar-refractivity contribution is 0.308. The van der Waals surface area contributed by atoms with Gasteiger partial charge in [-0.15, -0.1) is 5.10 Å². The van der Waals surface area contributed by atoms with Crippen molar-refractivity contribution < 1.29 is 4.74 Å². The molecule has 0 bridgehead atoms. The van der Waals surface area contributed by atoms with Gasteiger partial charge in [0.05, 0.1) is 12.1 Å². The standard InChI is InChI=1S/C17H18N4O/c18-16-15-8-7-12-4-3-6-14(12)21(15)20-17(16)22-11-9-13-5-1-2-10-19-13/h1-2,5,7-8,10H,3-4,6,9,11,18H2. The van der Waals surface area contributed by atoms with Gasteiger partial charge >= 0.3 is 0 Å². The molecule has 1 aliphatic carbocycles. The summed E-state index contributed by atoms with van der Waals surface area (Å²) in [4.78, 5) is 4.29. The monoisotopic (exact) mass is 294 g/mol. The van der Waals surface area contributed by atoms with Crippen LogP contribution in [0.1, 0.15) is 23.4 Å². The topological polar surface area (TPSA) is 65.4 Å². The van der Waals surface area contributed by atoms with Crippen LogP contribution in [0.25, 0.3) is 5.52 Å². The molecule has 0 aromatic carbocycles. The second-order valence-electron chi connectivity index (χ2n) is 5.59. The minimum atomic E-state index is 0.521. The average molecular weight is 294 g/mol. The number of ether oxygens (including phenoxy) is 1. The van der Waals surface area contributed by atoms with Crippen molar-refractivity contribution in [2.24, 2.45) is 0 Å². The third-order valence-electron chi connectivity index (χ3n) is 4.18. The van der Waals surface area contributed by atoms with Crippen LogP contribution in [-0.2, 0) is 19.3 Å². The van der Waals surface area contributed by atoms with E-state index >= 15 is 0 Å². The summed E-state index contributed by atoms with van der Waals surface area (Å²) in [6.07, 6.45) is 5.90. The fourth-order valence-corrected chi connectivity index (χ4v) is 3.05. The SMILES string of the molecule is Nc1c(OCCc2ccccn2)nn2c3c(ccc12)CCC3. The number of aromatic nitrogens is 3. The predicted octanol–water partition coefficient (Wildman–Crippen LogP) is 2.42. The molecule has 3 aromatic rings. The molecule has 0 amide bonds. The van der Waals surface area contributed by atoms with E-state index < -0.39 is 0 Å². The Labute approximate surface area is 128 Å². The highest BCUT2D eigenvalue weighted by atomic mass is 16.5. The molecular formula is C17H18N4O. The van der Waals surface area contributed by atoms with Crippen LogP contribution >= 0.6 is 0 Å². The van der Waals surface area contributed by atoms with Gasteiger partial charge in [-0.2, -0.15) is 0 Å². The summed E-state index contributed by atoms with van der Waals surface area (Å²) in [5.74, 6) is 0.524. The fourth-order valence-electron chi connectivity index (χ4n) is 3.05. The maximum Gasteiger partial charge on any atom is 0.257 e. The van der Waals surface area contributed by atoms with Gasteiger partial charge in [-0.05, 0) is 43.0 Å². The van der Waals surface area contributed by atoms with Gasteiger partial charge in [0.25, 0.3) is 5.88 Å². The molecule has 2 N–H and O–H groups in total. The molecule has 0 aliphatic heterocycles. The van der Waals surface area contributed by atoms with Crippen LogP contribution in [-0.4, -0.2) is 21.2 Å². The molecule has 0 unspecified atom stereocenters. The van der Waals surface area contributed by atoms with E-state index in [0.29, 0.717) is 18.2 Å². The maximum atomic E-state index is 6.19. The Kier molecular flexibility index (Phi) is 3.18. The van der Waals surface area contributed by atoms with Crippen molar-refractivity contribution in [1.29, 1.82) is 0 Å². The molecular weight excluding hydrogens is 276 g/mol. The summed E-state index contributed by atoms with van der Waals surface area (Å²) in [7, 11) is 0. The van der Waals surface area contributed by atoms with Crippen molar-refractivity contribution in [3.8, 4) is 5.88 Å². The first-order valence-electron chi connectivity index (χ1n) is 7.64. The highest BCUT2D eigenvalue weighted by Crippen LogP contribution is 2.30. The van der Waals surface area contributed by atoms with E-state index in [1.54, 1.807) is 6.20 Å². The van der Waals surface area contributed by atoms with Gasteiger partial charge in [-0.3, -0.25) is 4.98 Å². The Hall–Kier alpha value is -2.56. The molecule has 5 nitrogen and oxygen atoms in total. The molecule has 0 saturated heterocycles. The molecule has 0 spiro atoms. The normalized spacial score (nSPS) is 13.5. The molecule has 0 saturated carbocycles. The summed E-state index contributed by atoms with van der Waals surface area (Å²) >= 11 is 0. The molecule has 22 heavy (non-hydrogen) atoms. The van der Waals surface area contributed by atoms with Crippen molar-refractivity contribution in [2.75, 3.05) is 12.3 Å². The third kappa shape index (κ3) is 2.19. The first kappa shape index (κ1) is 13.1. The lowest BCUT2D eigenvalue weighted by Crippen LogP contribution is -2.04. The largest absolute Gasteiger partial charge is 0.475 e. The molecule has 3 aromatic heterocycles. The highest BCUT2D eigenvalue weighted by Gasteiger charge is 2.19. The number of fused-ring (bicyclic) bond motifs is 3. The van der Waals surface area contributed by atoms with E-state index in [9.17, 15) is 0 Å².